The van der Waals surface area contributed by atoms with Crippen LogP contribution in [0.1, 0.15) is 16.7 Å². The summed E-state index contributed by atoms with van der Waals surface area (Å²) in [6.45, 7) is 5.45. The first kappa shape index (κ1) is 10.9. The van der Waals surface area contributed by atoms with Gasteiger partial charge in [0, 0.05) is 19.6 Å². The highest BCUT2D eigenvalue weighted by Crippen LogP contribution is 2.16. The molecular weight excluding hydrogens is 207 g/mol. The Morgan fingerprint density at radius 1 is 1.38 bits per heavy atom. The maximum atomic E-state index is 13.4. The van der Waals surface area contributed by atoms with Gasteiger partial charge in [0.2, 0.25) is 0 Å². The fourth-order valence-corrected chi connectivity index (χ4v) is 2.01. The average Bonchev–Trinajstić information content (AvgIpc) is 2.61. The van der Waals surface area contributed by atoms with Gasteiger partial charge in [-0.15, -0.1) is 0 Å². The van der Waals surface area contributed by atoms with Crippen LogP contribution < -0.4 is 5.32 Å². The van der Waals surface area contributed by atoms with Crippen LogP contribution >= 0.6 is 0 Å². The zero-order valence-corrected chi connectivity index (χ0v) is 9.51. The van der Waals surface area contributed by atoms with Gasteiger partial charge in [0.15, 0.2) is 0 Å². The summed E-state index contributed by atoms with van der Waals surface area (Å²) in [6, 6.07) is 3.56. The number of nitrogens with zero attached hydrogens (tertiary/aromatic N) is 1. The minimum Gasteiger partial charge on any atom is -0.336 e. The molecule has 1 aromatic carbocycles. The Hall–Kier alpha value is -1.58. The molecule has 0 atom stereocenters. The van der Waals surface area contributed by atoms with E-state index < -0.39 is 0 Å². The van der Waals surface area contributed by atoms with Gasteiger partial charge < -0.3 is 10.2 Å². The Morgan fingerprint density at radius 3 is 2.50 bits per heavy atom. The largest absolute Gasteiger partial charge is 0.336 e. The highest BCUT2D eigenvalue weighted by atomic mass is 19.1. The monoisotopic (exact) mass is 222 g/mol. The van der Waals surface area contributed by atoms with Gasteiger partial charge in [-0.1, -0.05) is 12.1 Å². The van der Waals surface area contributed by atoms with Crippen LogP contribution in [0.25, 0.3) is 0 Å². The molecule has 16 heavy (non-hydrogen) atoms. The second-order valence-electron chi connectivity index (χ2n) is 4.20. The molecule has 2 rings (SSSR count). The van der Waals surface area contributed by atoms with Crippen molar-refractivity contribution in [1.29, 1.82) is 0 Å². The van der Waals surface area contributed by atoms with Crippen LogP contribution in [0.3, 0.4) is 0 Å². The number of carbonyl (C=O) groups excluding carboxylic acids is 1. The first-order chi connectivity index (χ1) is 7.58. The SMILES string of the molecule is Cc1cc(CN2CCNC2=O)cc(C)c1F. The Morgan fingerprint density at radius 2 is 2.00 bits per heavy atom. The van der Waals surface area contributed by atoms with Crippen molar-refractivity contribution in [3.63, 3.8) is 0 Å². The van der Waals surface area contributed by atoms with Crippen molar-refractivity contribution < 1.29 is 9.18 Å². The number of hydrogen-bond acceptors (Lipinski definition) is 1. The van der Waals surface area contributed by atoms with E-state index in [1.807, 2.05) is 0 Å². The average molecular weight is 222 g/mol. The van der Waals surface area contributed by atoms with E-state index in [9.17, 15) is 9.18 Å². The Balaban J connectivity index is 2.18. The van der Waals surface area contributed by atoms with Gasteiger partial charge in [0.1, 0.15) is 5.82 Å². The van der Waals surface area contributed by atoms with Crippen molar-refractivity contribution >= 4 is 6.03 Å². The van der Waals surface area contributed by atoms with Crippen LogP contribution in [0.15, 0.2) is 12.1 Å². The zero-order valence-electron chi connectivity index (χ0n) is 9.51. The summed E-state index contributed by atoms with van der Waals surface area (Å²) in [6.07, 6.45) is 0. The van der Waals surface area contributed by atoms with Crippen molar-refractivity contribution in [2.24, 2.45) is 0 Å². The highest BCUT2D eigenvalue weighted by molar-refractivity contribution is 5.76. The van der Waals surface area contributed by atoms with Gasteiger partial charge in [-0.05, 0) is 30.5 Å². The molecule has 0 aromatic heterocycles. The molecule has 0 unspecified atom stereocenters. The Labute approximate surface area is 94.3 Å². The van der Waals surface area contributed by atoms with E-state index in [4.69, 9.17) is 0 Å². The lowest BCUT2D eigenvalue weighted by Crippen LogP contribution is -2.27. The normalized spacial score (nSPS) is 15.4. The molecule has 1 aliphatic rings. The van der Waals surface area contributed by atoms with Crippen molar-refractivity contribution in [2.45, 2.75) is 20.4 Å². The summed E-state index contributed by atoms with van der Waals surface area (Å²) in [4.78, 5) is 13.1. The van der Waals surface area contributed by atoms with E-state index in [1.165, 1.54) is 0 Å². The molecule has 1 heterocycles. The van der Waals surface area contributed by atoms with Gasteiger partial charge in [0.05, 0.1) is 0 Å². The van der Waals surface area contributed by atoms with Crippen molar-refractivity contribution in [3.05, 3.63) is 34.6 Å². The van der Waals surface area contributed by atoms with Gasteiger partial charge >= 0.3 is 6.03 Å². The molecule has 4 heteroatoms. The fraction of sp³-hybridized carbons (Fsp3) is 0.417. The second kappa shape index (κ2) is 4.12. The Bertz CT molecular complexity index is 408. The van der Waals surface area contributed by atoms with E-state index in [-0.39, 0.29) is 11.8 Å². The number of urea groups is 1. The molecule has 0 saturated carbocycles. The maximum absolute atomic E-state index is 13.4. The summed E-state index contributed by atoms with van der Waals surface area (Å²) in [5.41, 5.74) is 2.25. The summed E-state index contributed by atoms with van der Waals surface area (Å²) < 4.78 is 13.4. The number of benzene rings is 1. The first-order valence-electron chi connectivity index (χ1n) is 5.36. The standard InChI is InChI=1S/C12H15FN2O/c1-8-5-10(6-9(2)11(8)13)7-15-4-3-14-12(15)16/h5-6H,3-4,7H2,1-2H3,(H,14,16). The smallest absolute Gasteiger partial charge is 0.317 e. The number of carbonyl (C=O) groups is 1. The zero-order chi connectivity index (χ0) is 11.7. The third kappa shape index (κ3) is 2.01. The summed E-state index contributed by atoms with van der Waals surface area (Å²) in [5.74, 6) is -0.158. The van der Waals surface area contributed by atoms with Crippen LogP contribution in [-0.2, 0) is 6.54 Å². The van der Waals surface area contributed by atoms with E-state index >= 15 is 0 Å². The van der Waals surface area contributed by atoms with Gasteiger partial charge in [-0.2, -0.15) is 0 Å². The number of aryl methyl sites for hydroxylation is 2. The molecular formula is C12H15FN2O. The molecule has 1 fully saturated rings. The van der Waals surface area contributed by atoms with Crippen LogP contribution in [0.5, 0.6) is 0 Å². The molecule has 1 saturated heterocycles. The van der Waals surface area contributed by atoms with E-state index in [1.54, 1.807) is 30.9 Å². The predicted molar refractivity (Wildman–Crippen MR) is 59.7 cm³/mol. The highest BCUT2D eigenvalue weighted by Gasteiger charge is 2.19. The molecule has 1 aliphatic heterocycles. The van der Waals surface area contributed by atoms with Crippen LogP contribution in [0.4, 0.5) is 9.18 Å². The molecule has 2 amide bonds. The van der Waals surface area contributed by atoms with Crippen molar-refractivity contribution in [3.8, 4) is 0 Å². The molecule has 0 spiro atoms. The summed E-state index contributed by atoms with van der Waals surface area (Å²) in [5, 5.41) is 2.74. The number of amides is 2. The lowest BCUT2D eigenvalue weighted by molar-refractivity contribution is 0.215. The number of rotatable bonds is 2. The quantitative estimate of drug-likeness (QED) is 0.815. The van der Waals surface area contributed by atoms with E-state index in [0.717, 1.165) is 5.56 Å². The molecule has 3 nitrogen and oxygen atoms in total. The van der Waals surface area contributed by atoms with Gasteiger partial charge in [-0.3, -0.25) is 0 Å². The molecule has 0 radical (unpaired) electrons. The van der Waals surface area contributed by atoms with Gasteiger partial charge in [0.25, 0.3) is 0 Å². The first-order valence-corrected chi connectivity index (χ1v) is 5.36. The van der Waals surface area contributed by atoms with Crippen molar-refractivity contribution in [1.82, 2.24) is 10.2 Å². The molecule has 86 valence electrons. The van der Waals surface area contributed by atoms with Crippen LogP contribution in [0.2, 0.25) is 0 Å². The third-order valence-electron chi connectivity index (χ3n) is 2.81. The fourth-order valence-electron chi connectivity index (χ4n) is 2.01. The van der Waals surface area contributed by atoms with E-state index in [0.29, 0.717) is 30.8 Å². The topological polar surface area (TPSA) is 32.3 Å². The lowest BCUT2D eigenvalue weighted by atomic mass is 10.1. The van der Waals surface area contributed by atoms with Crippen LogP contribution in [0, 0.1) is 19.7 Å². The van der Waals surface area contributed by atoms with Crippen LogP contribution in [-0.4, -0.2) is 24.0 Å². The number of hydrogen-bond donors (Lipinski definition) is 1. The predicted octanol–water partition coefficient (Wildman–Crippen LogP) is 1.97. The molecule has 1 aromatic rings. The molecule has 0 bridgehead atoms. The summed E-state index contributed by atoms with van der Waals surface area (Å²) >= 11 is 0. The molecule has 0 aliphatic carbocycles. The van der Waals surface area contributed by atoms with E-state index in [2.05, 4.69) is 5.32 Å². The minimum absolute atomic E-state index is 0.0420. The second-order valence-corrected chi connectivity index (χ2v) is 4.20. The maximum Gasteiger partial charge on any atom is 0.317 e. The number of nitrogens with one attached hydrogen (secondary N) is 1. The number of halogens is 1. The lowest BCUT2D eigenvalue weighted by Gasteiger charge is -2.15. The Kier molecular flexibility index (Phi) is 2.81. The third-order valence-corrected chi connectivity index (χ3v) is 2.81. The van der Waals surface area contributed by atoms with Crippen molar-refractivity contribution in [2.75, 3.05) is 13.1 Å². The molecule has 1 N–H and O–H groups in total. The summed E-state index contributed by atoms with van der Waals surface area (Å²) in [7, 11) is 0. The minimum atomic E-state index is -0.158. The van der Waals surface area contributed by atoms with Gasteiger partial charge in [-0.25, -0.2) is 9.18 Å².